The van der Waals surface area contributed by atoms with Gasteiger partial charge in [0.15, 0.2) is 0 Å². The van der Waals surface area contributed by atoms with Crippen LogP contribution < -0.4 is 0 Å². The number of rotatable bonds is 4. The van der Waals surface area contributed by atoms with Crippen LogP contribution in [0, 0.1) is 0 Å². The fourth-order valence-electron chi connectivity index (χ4n) is 2.71. The Hall–Kier alpha value is -2.14. The van der Waals surface area contributed by atoms with Crippen molar-refractivity contribution >= 4 is 5.97 Å². The molecule has 0 saturated carbocycles. The molecular formula is C15H17N3O2. The first-order valence-corrected chi connectivity index (χ1v) is 6.75. The Balaban J connectivity index is 1.70. The van der Waals surface area contributed by atoms with Crippen LogP contribution in [0.15, 0.2) is 30.3 Å². The van der Waals surface area contributed by atoms with Crippen molar-refractivity contribution in [3.05, 3.63) is 52.8 Å². The number of fused-ring (bicyclic) bond motifs is 1. The lowest BCUT2D eigenvalue weighted by atomic mass is 10.0. The van der Waals surface area contributed by atoms with Gasteiger partial charge < -0.3 is 5.11 Å². The number of carboxylic acid groups (broad SMARTS) is 1. The molecule has 0 aliphatic carbocycles. The molecule has 1 aliphatic rings. The molecule has 1 aromatic heterocycles. The lowest BCUT2D eigenvalue weighted by molar-refractivity contribution is -0.136. The molecule has 3 rings (SSSR count). The van der Waals surface area contributed by atoms with E-state index < -0.39 is 5.97 Å². The normalized spacial score (nSPS) is 15.0. The third-order valence-electron chi connectivity index (χ3n) is 3.67. The molecule has 2 aromatic rings. The molecule has 0 radical (unpaired) electrons. The van der Waals surface area contributed by atoms with Crippen LogP contribution in [-0.4, -0.2) is 32.7 Å². The lowest BCUT2D eigenvalue weighted by Crippen LogP contribution is -2.30. The topological polar surface area (TPSA) is 69.2 Å². The van der Waals surface area contributed by atoms with E-state index in [4.69, 9.17) is 5.11 Å². The van der Waals surface area contributed by atoms with Gasteiger partial charge in [-0.25, -0.2) is 0 Å². The molecule has 20 heavy (non-hydrogen) atoms. The molecule has 0 spiro atoms. The van der Waals surface area contributed by atoms with Gasteiger partial charge in [-0.2, -0.15) is 5.10 Å². The van der Waals surface area contributed by atoms with E-state index in [0.29, 0.717) is 5.69 Å². The maximum atomic E-state index is 10.8. The number of carbonyl (C=O) groups is 1. The van der Waals surface area contributed by atoms with Crippen LogP contribution in [0.3, 0.4) is 0 Å². The van der Waals surface area contributed by atoms with Crippen LogP contribution in [-0.2, 0) is 30.7 Å². The number of benzene rings is 1. The van der Waals surface area contributed by atoms with E-state index in [2.05, 4.69) is 27.2 Å². The highest BCUT2D eigenvalue weighted by Gasteiger charge is 2.22. The SMILES string of the molecule is O=C(O)Cc1n[nH]c2c1CCN(Cc1ccccc1)C2. The molecule has 0 bridgehead atoms. The monoisotopic (exact) mass is 271 g/mol. The fourth-order valence-corrected chi connectivity index (χ4v) is 2.71. The molecule has 5 nitrogen and oxygen atoms in total. The van der Waals surface area contributed by atoms with Gasteiger partial charge in [0, 0.05) is 19.6 Å². The molecule has 0 atom stereocenters. The molecule has 0 unspecified atom stereocenters. The van der Waals surface area contributed by atoms with E-state index in [9.17, 15) is 4.79 Å². The number of nitrogens with one attached hydrogen (secondary N) is 1. The summed E-state index contributed by atoms with van der Waals surface area (Å²) in [5, 5.41) is 16.0. The van der Waals surface area contributed by atoms with Crippen LogP contribution >= 0.6 is 0 Å². The number of carboxylic acids is 1. The Bertz CT molecular complexity index is 607. The smallest absolute Gasteiger partial charge is 0.309 e. The van der Waals surface area contributed by atoms with Crippen LogP contribution in [0.2, 0.25) is 0 Å². The van der Waals surface area contributed by atoms with Gasteiger partial charge in [0.05, 0.1) is 17.8 Å². The minimum atomic E-state index is -0.828. The summed E-state index contributed by atoms with van der Waals surface area (Å²) < 4.78 is 0. The largest absolute Gasteiger partial charge is 0.481 e. The standard InChI is InChI=1S/C15H17N3O2/c19-15(20)8-13-12-6-7-18(10-14(12)17-16-13)9-11-4-2-1-3-5-11/h1-5H,6-10H2,(H,16,17)(H,19,20). The summed E-state index contributed by atoms with van der Waals surface area (Å²) in [6.07, 6.45) is 0.867. The summed E-state index contributed by atoms with van der Waals surface area (Å²) in [4.78, 5) is 13.1. The lowest BCUT2D eigenvalue weighted by Gasteiger charge is -2.26. The zero-order chi connectivity index (χ0) is 13.9. The highest BCUT2D eigenvalue weighted by atomic mass is 16.4. The number of aliphatic carboxylic acids is 1. The summed E-state index contributed by atoms with van der Waals surface area (Å²) in [7, 11) is 0. The number of hydrogen-bond donors (Lipinski definition) is 2. The average Bonchev–Trinajstić information content (AvgIpc) is 2.82. The molecule has 1 aromatic carbocycles. The molecule has 0 amide bonds. The summed E-state index contributed by atoms with van der Waals surface area (Å²) in [5.74, 6) is -0.828. The van der Waals surface area contributed by atoms with Gasteiger partial charge in [0.1, 0.15) is 0 Å². The molecule has 104 valence electrons. The van der Waals surface area contributed by atoms with Gasteiger partial charge in [0.25, 0.3) is 0 Å². The third kappa shape index (κ3) is 2.72. The van der Waals surface area contributed by atoms with E-state index in [-0.39, 0.29) is 6.42 Å². The average molecular weight is 271 g/mol. The molecule has 1 aliphatic heterocycles. The number of aromatic amines is 1. The van der Waals surface area contributed by atoms with Crippen LogP contribution in [0.1, 0.15) is 22.5 Å². The zero-order valence-corrected chi connectivity index (χ0v) is 11.2. The van der Waals surface area contributed by atoms with Crippen LogP contribution in [0.5, 0.6) is 0 Å². The van der Waals surface area contributed by atoms with Crippen molar-refractivity contribution in [1.82, 2.24) is 15.1 Å². The molecule has 5 heteroatoms. The van der Waals surface area contributed by atoms with Crippen molar-refractivity contribution in [2.75, 3.05) is 6.54 Å². The van der Waals surface area contributed by atoms with E-state index >= 15 is 0 Å². The van der Waals surface area contributed by atoms with Gasteiger partial charge in [0.2, 0.25) is 0 Å². The van der Waals surface area contributed by atoms with Gasteiger partial charge in [-0.1, -0.05) is 30.3 Å². The first kappa shape index (κ1) is 12.9. The summed E-state index contributed by atoms with van der Waals surface area (Å²) in [6, 6.07) is 10.4. The predicted molar refractivity (Wildman–Crippen MR) is 74.2 cm³/mol. The van der Waals surface area contributed by atoms with Crippen molar-refractivity contribution in [2.24, 2.45) is 0 Å². The summed E-state index contributed by atoms with van der Waals surface area (Å²) in [6.45, 7) is 2.65. The molecule has 2 heterocycles. The van der Waals surface area contributed by atoms with E-state index in [1.165, 1.54) is 5.56 Å². The van der Waals surface area contributed by atoms with E-state index in [0.717, 1.165) is 37.3 Å². The summed E-state index contributed by atoms with van der Waals surface area (Å²) >= 11 is 0. The Labute approximate surface area is 117 Å². The van der Waals surface area contributed by atoms with Crippen molar-refractivity contribution < 1.29 is 9.90 Å². The zero-order valence-electron chi connectivity index (χ0n) is 11.2. The molecular weight excluding hydrogens is 254 g/mol. The number of aromatic nitrogens is 2. The minimum Gasteiger partial charge on any atom is -0.481 e. The highest BCUT2D eigenvalue weighted by molar-refractivity contribution is 5.70. The second-order valence-electron chi connectivity index (χ2n) is 5.14. The van der Waals surface area contributed by atoms with Crippen molar-refractivity contribution in [3.63, 3.8) is 0 Å². The Morgan fingerprint density at radius 1 is 1.35 bits per heavy atom. The van der Waals surface area contributed by atoms with Gasteiger partial charge in [-0.3, -0.25) is 14.8 Å². The highest BCUT2D eigenvalue weighted by Crippen LogP contribution is 2.21. The van der Waals surface area contributed by atoms with E-state index in [1.807, 2.05) is 18.2 Å². The Kier molecular flexibility index (Phi) is 3.52. The first-order valence-electron chi connectivity index (χ1n) is 6.75. The van der Waals surface area contributed by atoms with Crippen LogP contribution in [0.4, 0.5) is 0 Å². The van der Waals surface area contributed by atoms with Crippen molar-refractivity contribution in [2.45, 2.75) is 25.9 Å². The quantitative estimate of drug-likeness (QED) is 0.886. The van der Waals surface area contributed by atoms with Gasteiger partial charge >= 0.3 is 5.97 Å². The van der Waals surface area contributed by atoms with Crippen molar-refractivity contribution in [3.8, 4) is 0 Å². The van der Waals surface area contributed by atoms with Crippen molar-refractivity contribution in [1.29, 1.82) is 0 Å². The number of nitrogens with zero attached hydrogens (tertiary/aromatic N) is 2. The maximum Gasteiger partial charge on any atom is 0.309 e. The van der Waals surface area contributed by atoms with Gasteiger partial charge in [-0.15, -0.1) is 0 Å². The minimum absolute atomic E-state index is 0.00448. The third-order valence-corrected chi connectivity index (χ3v) is 3.67. The maximum absolute atomic E-state index is 10.8. The number of hydrogen-bond acceptors (Lipinski definition) is 3. The van der Waals surface area contributed by atoms with Gasteiger partial charge in [-0.05, 0) is 17.5 Å². The fraction of sp³-hybridized carbons (Fsp3) is 0.333. The predicted octanol–water partition coefficient (Wildman–Crippen LogP) is 1.60. The second-order valence-corrected chi connectivity index (χ2v) is 5.14. The molecule has 2 N–H and O–H groups in total. The number of H-pyrrole nitrogens is 1. The second kappa shape index (κ2) is 5.46. The van der Waals surface area contributed by atoms with Crippen LogP contribution in [0.25, 0.3) is 0 Å². The first-order chi connectivity index (χ1) is 9.72. The van der Waals surface area contributed by atoms with E-state index in [1.54, 1.807) is 0 Å². The molecule has 0 saturated heterocycles. The molecule has 0 fully saturated rings. The Morgan fingerprint density at radius 3 is 2.90 bits per heavy atom. The Morgan fingerprint density at radius 2 is 2.15 bits per heavy atom. The summed E-state index contributed by atoms with van der Waals surface area (Å²) in [5.41, 5.74) is 4.13.